The van der Waals surface area contributed by atoms with Crippen molar-refractivity contribution in [3.63, 3.8) is 0 Å². The third-order valence-corrected chi connectivity index (χ3v) is 4.99. The number of anilines is 1. The summed E-state index contributed by atoms with van der Waals surface area (Å²) in [4.78, 5) is 8.26. The van der Waals surface area contributed by atoms with Gasteiger partial charge >= 0.3 is 0 Å². The van der Waals surface area contributed by atoms with Gasteiger partial charge in [-0.2, -0.15) is 4.31 Å². The monoisotopic (exact) mass is 298 g/mol. The standard InChI is InChI=1S/C11H14N4O2S2/c1-12-11-4-3-10(5-13-11)19(16,17)15(2)6-9-7-18-8-14-9/h3-5,7-8H,6H2,1-2H3,(H,12,13). The van der Waals surface area contributed by atoms with Crippen molar-refractivity contribution in [2.75, 3.05) is 19.4 Å². The summed E-state index contributed by atoms with van der Waals surface area (Å²) in [5, 5.41) is 4.67. The highest BCUT2D eigenvalue weighted by molar-refractivity contribution is 7.89. The first kappa shape index (κ1) is 13.9. The highest BCUT2D eigenvalue weighted by Crippen LogP contribution is 2.17. The van der Waals surface area contributed by atoms with E-state index >= 15 is 0 Å². The van der Waals surface area contributed by atoms with Crippen LogP contribution in [0, 0.1) is 0 Å². The van der Waals surface area contributed by atoms with E-state index in [9.17, 15) is 8.42 Å². The van der Waals surface area contributed by atoms with Gasteiger partial charge in [0.05, 0.1) is 17.7 Å². The second-order valence-corrected chi connectivity index (χ2v) is 6.63. The van der Waals surface area contributed by atoms with Crippen LogP contribution in [-0.4, -0.2) is 36.8 Å². The Kier molecular flexibility index (Phi) is 4.13. The maximum absolute atomic E-state index is 12.3. The number of pyridine rings is 1. The van der Waals surface area contributed by atoms with E-state index in [1.807, 2.05) is 5.38 Å². The van der Waals surface area contributed by atoms with Gasteiger partial charge < -0.3 is 5.32 Å². The first-order chi connectivity index (χ1) is 9.04. The van der Waals surface area contributed by atoms with Crippen LogP contribution in [0.1, 0.15) is 5.69 Å². The van der Waals surface area contributed by atoms with E-state index in [1.54, 1.807) is 18.6 Å². The Bertz CT molecular complexity index is 623. The fourth-order valence-electron chi connectivity index (χ4n) is 1.49. The summed E-state index contributed by atoms with van der Waals surface area (Å²) in [7, 11) is -0.277. The molecule has 0 aliphatic rings. The van der Waals surface area contributed by atoms with E-state index in [4.69, 9.17) is 0 Å². The summed E-state index contributed by atoms with van der Waals surface area (Å²) in [5.41, 5.74) is 2.41. The van der Waals surface area contributed by atoms with E-state index < -0.39 is 10.0 Å². The fourth-order valence-corrected chi connectivity index (χ4v) is 3.13. The van der Waals surface area contributed by atoms with Crippen LogP contribution >= 0.6 is 11.3 Å². The van der Waals surface area contributed by atoms with Crippen molar-refractivity contribution in [1.82, 2.24) is 14.3 Å². The smallest absolute Gasteiger partial charge is 0.244 e. The van der Waals surface area contributed by atoms with E-state index in [-0.39, 0.29) is 11.4 Å². The van der Waals surface area contributed by atoms with Crippen LogP contribution < -0.4 is 5.32 Å². The van der Waals surface area contributed by atoms with Gasteiger partial charge in [0, 0.05) is 25.7 Å². The first-order valence-corrected chi connectivity index (χ1v) is 7.89. The second kappa shape index (κ2) is 5.64. The molecular weight excluding hydrogens is 284 g/mol. The Balaban J connectivity index is 2.20. The van der Waals surface area contributed by atoms with Gasteiger partial charge in [0.1, 0.15) is 10.7 Å². The van der Waals surface area contributed by atoms with Gasteiger partial charge in [0.25, 0.3) is 0 Å². The van der Waals surface area contributed by atoms with Gasteiger partial charge in [0.2, 0.25) is 10.0 Å². The molecule has 2 aromatic rings. The zero-order valence-corrected chi connectivity index (χ0v) is 12.2. The molecule has 0 saturated heterocycles. The molecule has 2 rings (SSSR count). The lowest BCUT2D eigenvalue weighted by Gasteiger charge is -2.15. The van der Waals surface area contributed by atoms with E-state index in [0.29, 0.717) is 5.82 Å². The third-order valence-electron chi connectivity index (χ3n) is 2.57. The SMILES string of the molecule is CNc1ccc(S(=O)(=O)N(C)Cc2cscn2)cn1. The number of nitrogens with one attached hydrogen (secondary N) is 1. The molecule has 1 N–H and O–H groups in total. The molecule has 102 valence electrons. The molecule has 0 aliphatic heterocycles. The van der Waals surface area contributed by atoms with Crippen molar-refractivity contribution in [3.05, 3.63) is 34.9 Å². The average molecular weight is 298 g/mol. The minimum Gasteiger partial charge on any atom is -0.373 e. The molecule has 8 heteroatoms. The number of hydrogen-bond donors (Lipinski definition) is 1. The summed E-state index contributed by atoms with van der Waals surface area (Å²) in [6, 6.07) is 3.16. The van der Waals surface area contributed by atoms with Gasteiger partial charge in [-0.3, -0.25) is 0 Å². The van der Waals surface area contributed by atoms with Crippen molar-refractivity contribution < 1.29 is 8.42 Å². The normalized spacial score (nSPS) is 11.7. The average Bonchev–Trinajstić information content (AvgIpc) is 2.91. The van der Waals surface area contributed by atoms with Crippen molar-refractivity contribution in [3.8, 4) is 0 Å². The highest BCUT2D eigenvalue weighted by Gasteiger charge is 2.21. The van der Waals surface area contributed by atoms with E-state index in [1.165, 1.54) is 35.0 Å². The molecule has 0 unspecified atom stereocenters. The Hall–Kier alpha value is -1.51. The van der Waals surface area contributed by atoms with Crippen LogP contribution in [-0.2, 0) is 16.6 Å². The lowest BCUT2D eigenvalue weighted by atomic mass is 10.5. The van der Waals surface area contributed by atoms with Crippen LogP contribution in [0.2, 0.25) is 0 Å². The van der Waals surface area contributed by atoms with Crippen molar-refractivity contribution in [1.29, 1.82) is 0 Å². The Morgan fingerprint density at radius 3 is 2.68 bits per heavy atom. The second-order valence-electron chi connectivity index (χ2n) is 3.87. The molecule has 0 radical (unpaired) electrons. The number of thiazole rings is 1. The quantitative estimate of drug-likeness (QED) is 0.903. The summed E-state index contributed by atoms with van der Waals surface area (Å²) in [5.74, 6) is 0.626. The molecule has 19 heavy (non-hydrogen) atoms. The summed E-state index contributed by atoms with van der Waals surface area (Å²) < 4.78 is 25.9. The van der Waals surface area contributed by atoms with Crippen molar-refractivity contribution >= 4 is 27.2 Å². The lowest BCUT2D eigenvalue weighted by molar-refractivity contribution is 0.463. The molecule has 0 amide bonds. The van der Waals surface area contributed by atoms with Crippen LogP contribution in [0.3, 0.4) is 0 Å². The number of sulfonamides is 1. The molecule has 0 spiro atoms. The van der Waals surface area contributed by atoms with Gasteiger partial charge in [-0.1, -0.05) is 0 Å². The molecule has 2 aromatic heterocycles. The molecule has 0 aliphatic carbocycles. The molecule has 0 saturated carbocycles. The zero-order chi connectivity index (χ0) is 13.9. The molecule has 0 fully saturated rings. The topological polar surface area (TPSA) is 75.2 Å². The largest absolute Gasteiger partial charge is 0.373 e. The Morgan fingerprint density at radius 2 is 2.16 bits per heavy atom. The number of aromatic nitrogens is 2. The summed E-state index contributed by atoms with van der Waals surface area (Å²) >= 11 is 1.44. The van der Waals surface area contributed by atoms with Crippen molar-refractivity contribution in [2.24, 2.45) is 0 Å². The van der Waals surface area contributed by atoms with Gasteiger partial charge in [-0.25, -0.2) is 18.4 Å². The van der Waals surface area contributed by atoms with Gasteiger partial charge in [-0.05, 0) is 12.1 Å². The van der Waals surface area contributed by atoms with Crippen LogP contribution in [0.5, 0.6) is 0 Å². The van der Waals surface area contributed by atoms with Crippen LogP contribution in [0.25, 0.3) is 0 Å². The molecule has 0 aromatic carbocycles. The minimum atomic E-state index is -3.53. The van der Waals surface area contributed by atoms with Crippen LogP contribution in [0.15, 0.2) is 34.1 Å². The minimum absolute atomic E-state index is 0.171. The molecule has 2 heterocycles. The fraction of sp³-hybridized carbons (Fsp3) is 0.273. The highest BCUT2D eigenvalue weighted by atomic mass is 32.2. The van der Waals surface area contributed by atoms with E-state index in [0.717, 1.165) is 5.69 Å². The molecule has 0 bridgehead atoms. The Morgan fingerprint density at radius 1 is 1.37 bits per heavy atom. The predicted octanol–water partition coefficient (Wildman–Crippen LogP) is 1.40. The number of hydrogen-bond acceptors (Lipinski definition) is 6. The predicted molar refractivity (Wildman–Crippen MR) is 74.6 cm³/mol. The Labute approximate surface area is 116 Å². The molecule has 6 nitrogen and oxygen atoms in total. The maximum atomic E-state index is 12.3. The zero-order valence-electron chi connectivity index (χ0n) is 10.6. The molecule has 0 atom stereocenters. The van der Waals surface area contributed by atoms with Crippen molar-refractivity contribution in [2.45, 2.75) is 11.4 Å². The third kappa shape index (κ3) is 3.09. The van der Waals surface area contributed by atoms with Gasteiger partial charge in [-0.15, -0.1) is 11.3 Å². The first-order valence-electron chi connectivity index (χ1n) is 5.51. The number of nitrogens with zero attached hydrogens (tertiary/aromatic N) is 3. The lowest BCUT2D eigenvalue weighted by Crippen LogP contribution is -2.26. The molecular formula is C11H14N4O2S2. The van der Waals surface area contributed by atoms with E-state index in [2.05, 4.69) is 15.3 Å². The maximum Gasteiger partial charge on any atom is 0.244 e. The summed E-state index contributed by atoms with van der Waals surface area (Å²) in [6.07, 6.45) is 1.35. The van der Waals surface area contributed by atoms with Gasteiger partial charge in [0.15, 0.2) is 0 Å². The summed E-state index contributed by atoms with van der Waals surface area (Å²) in [6.45, 7) is 0.250. The number of rotatable bonds is 5. The van der Waals surface area contributed by atoms with Crippen LogP contribution in [0.4, 0.5) is 5.82 Å².